The summed E-state index contributed by atoms with van der Waals surface area (Å²) < 4.78 is 15.5. The molecular formula is C39H53FN6O. The molecule has 5 fully saturated rings. The number of guanidine groups is 1. The van der Waals surface area contributed by atoms with E-state index in [0.717, 1.165) is 92.1 Å². The Morgan fingerprint density at radius 1 is 1.06 bits per heavy atom. The molecule has 5 aliphatic rings. The summed E-state index contributed by atoms with van der Waals surface area (Å²) in [5, 5.41) is 7.96. The SMILES string of the molecule is CC1CCC(c2nc3cc(NC(=N[C@H]4C[C@@H]5C[C@@H]([C@H]4C)C5(C)C)N4CCN[C@@H](C)C4)ccc3c(=O)n2CCc2ccc(F)cc2)CC1. The number of hydrogen-bond donors (Lipinski definition) is 2. The van der Waals surface area contributed by atoms with Crippen LogP contribution in [0.3, 0.4) is 0 Å². The molecule has 5 atom stereocenters. The van der Waals surface area contributed by atoms with Crippen molar-refractivity contribution < 1.29 is 4.39 Å². The lowest BCUT2D eigenvalue weighted by molar-refractivity contribution is -0.108. The molecule has 2 N–H and O–H groups in total. The highest BCUT2D eigenvalue weighted by atomic mass is 19.1. The molecule has 0 amide bonds. The van der Waals surface area contributed by atoms with E-state index in [-0.39, 0.29) is 17.3 Å². The van der Waals surface area contributed by atoms with Gasteiger partial charge in [0.1, 0.15) is 11.6 Å². The quantitative estimate of drug-likeness (QED) is 0.220. The van der Waals surface area contributed by atoms with E-state index in [1.807, 2.05) is 28.8 Å². The topological polar surface area (TPSA) is 74.6 Å². The number of anilines is 1. The zero-order valence-corrected chi connectivity index (χ0v) is 28.9. The molecule has 1 aromatic heterocycles. The lowest BCUT2D eigenvalue weighted by Gasteiger charge is -2.61. The van der Waals surface area contributed by atoms with E-state index >= 15 is 0 Å². The Morgan fingerprint density at radius 2 is 1.83 bits per heavy atom. The van der Waals surface area contributed by atoms with Gasteiger partial charge < -0.3 is 15.5 Å². The van der Waals surface area contributed by atoms with Gasteiger partial charge in [0.2, 0.25) is 0 Å². The zero-order valence-electron chi connectivity index (χ0n) is 28.9. The lowest BCUT2D eigenvalue weighted by atomic mass is 9.45. The first-order chi connectivity index (χ1) is 22.6. The van der Waals surface area contributed by atoms with Gasteiger partial charge in [-0.15, -0.1) is 0 Å². The van der Waals surface area contributed by atoms with Crippen LogP contribution in [-0.4, -0.2) is 52.1 Å². The van der Waals surface area contributed by atoms with Crippen LogP contribution >= 0.6 is 0 Å². The highest BCUT2D eigenvalue weighted by Crippen LogP contribution is 2.61. The first-order valence-corrected chi connectivity index (χ1v) is 18.2. The van der Waals surface area contributed by atoms with Crippen molar-refractivity contribution >= 4 is 22.5 Å². The summed E-state index contributed by atoms with van der Waals surface area (Å²) in [6.07, 6.45) is 7.54. The highest BCUT2D eigenvalue weighted by molar-refractivity contribution is 5.96. The second kappa shape index (κ2) is 13.0. The van der Waals surface area contributed by atoms with Crippen molar-refractivity contribution in [2.75, 3.05) is 25.0 Å². The fraction of sp³-hybridized carbons (Fsp3) is 0.615. The predicted molar refractivity (Wildman–Crippen MR) is 190 cm³/mol. The van der Waals surface area contributed by atoms with Crippen molar-refractivity contribution in [2.24, 2.45) is 34.1 Å². The molecule has 252 valence electrons. The average molecular weight is 641 g/mol. The Hall–Kier alpha value is -3.26. The van der Waals surface area contributed by atoms with E-state index < -0.39 is 0 Å². The van der Waals surface area contributed by atoms with Crippen LogP contribution in [0, 0.1) is 34.9 Å². The van der Waals surface area contributed by atoms with Gasteiger partial charge in [-0.1, -0.05) is 52.7 Å². The molecule has 8 rings (SSSR count). The number of hydrogen-bond acceptors (Lipinski definition) is 4. The van der Waals surface area contributed by atoms with Gasteiger partial charge in [-0.05, 0) is 104 Å². The second-order valence-corrected chi connectivity index (χ2v) is 15.9. The van der Waals surface area contributed by atoms with Crippen LogP contribution in [0.5, 0.6) is 0 Å². The number of benzene rings is 2. The molecule has 1 aliphatic heterocycles. The number of halogens is 1. The van der Waals surface area contributed by atoms with Crippen molar-refractivity contribution in [2.45, 2.75) is 104 Å². The van der Waals surface area contributed by atoms with Gasteiger partial charge >= 0.3 is 0 Å². The minimum Gasteiger partial charge on any atom is -0.340 e. The van der Waals surface area contributed by atoms with Crippen LogP contribution < -0.4 is 16.2 Å². The second-order valence-electron chi connectivity index (χ2n) is 15.9. The van der Waals surface area contributed by atoms with Crippen molar-refractivity contribution in [1.29, 1.82) is 0 Å². The number of fused-ring (bicyclic) bond motifs is 3. The van der Waals surface area contributed by atoms with Gasteiger partial charge in [0.25, 0.3) is 5.56 Å². The number of nitrogens with zero attached hydrogens (tertiary/aromatic N) is 4. The van der Waals surface area contributed by atoms with E-state index in [1.165, 1.54) is 18.6 Å². The molecule has 47 heavy (non-hydrogen) atoms. The third kappa shape index (κ3) is 6.47. The van der Waals surface area contributed by atoms with Gasteiger partial charge in [-0.3, -0.25) is 9.36 Å². The van der Waals surface area contributed by atoms with Gasteiger partial charge in [-0.25, -0.2) is 14.4 Å². The van der Waals surface area contributed by atoms with Gasteiger partial charge in [-0.2, -0.15) is 0 Å². The third-order valence-electron chi connectivity index (χ3n) is 12.4. The van der Waals surface area contributed by atoms with Crippen LogP contribution in [0.15, 0.2) is 52.3 Å². The van der Waals surface area contributed by atoms with Gasteiger partial charge in [0.05, 0.1) is 16.9 Å². The monoisotopic (exact) mass is 640 g/mol. The normalized spacial score (nSPS) is 30.6. The van der Waals surface area contributed by atoms with Crippen LogP contribution in [-0.2, 0) is 13.0 Å². The largest absolute Gasteiger partial charge is 0.340 e. The van der Waals surface area contributed by atoms with Gasteiger partial charge in [0, 0.05) is 43.8 Å². The van der Waals surface area contributed by atoms with Crippen LogP contribution in [0.2, 0.25) is 0 Å². The minimum absolute atomic E-state index is 0.0139. The van der Waals surface area contributed by atoms with Gasteiger partial charge in [0.15, 0.2) is 5.96 Å². The summed E-state index contributed by atoms with van der Waals surface area (Å²) in [6.45, 7) is 15.1. The molecule has 2 heterocycles. The molecule has 4 saturated carbocycles. The Labute approximate surface area is 279 Å². The summed E-state index contributed by atoms with van der Waals surface area (Å²) in [6, 6.07) is 13.3. The molecule has 4 aliphatic carbocycles. The van der Waals surface area contributed by atoms with Crippen LogP contribution in [0.25, 0.3) is 10.9 Å². The highest BCUT2D eigenvalue weighted by Gasteiger charge is 2.56. The Balaban J connectivity index is 1.21. The molecule has 2 bridgehead atoms. The molecule has 0 unspecified atom stereocenters. The minimum atomic E-state index is -0.242. The number of aromatic nitrogens is 2. The smallest absolute Gasteiger partial charge is 0.261 e. The first kappa shape index (κ1) is 32.3. The zero-order chi connectivity index (χ0) is 32.9. The molecule has 0 radical (unpaired) electrons. The van der Waals surface area contributed by atoms with E-state index in [0.29, 0.717) is 47.7 Å². The molecule has 1 saturated heterocycles. The number of aliphatic imine (C=N–C) groups is 1. The molecule has 8 heteroatoms. The average Bonchev–Trinajstić information content (AvgIpc) is 3.05. The number of rotatable bonds is 6. The first-order valence-electron chi connectivity index (χ1n) is 18.2. The van der Waals surface area contributed by atoms with Crippen molar-refractivity contribution in [1.82, 2.24) is 19.8 Å². The van der Waals surface area contributed by atoms with Crippen molar-refractivity contribution in [3.05, 3.63) is 70.0 Å². The standard InChI is InChI=1S/C39H53FN6O/c1-24-6-10-28(11-7-24)36-43-35-22-31(14-15-32(35)37(47)46(36)18-16-27-8-12-30(40)13-9-27)42-38(45-19-17-41-25(2)23-45)44-34-21-29-20-33(26(34)3)39(29,4)5/h8-9,12-15,22,24-26,28-29,33-34,41H,6-7,10-11,16-21,23H2,1-5H3,(H,42,44)/t24?,25-,26+,28?,29-,33-,34-/m0/s1. The van der Waals surface area contributed by atoms with Crippen molar-refractivity contribution in [3.8, 4) is 0 Å². The Morgan fingerprint density at radius 3 is 2.53 bits per heavy atom. The summed E-state index contributed by atoms with van der Waals surface area (Å²) >= 11 is 0. The molecule has 7 nitrogen and oxygen atoms in total. The summed E-state index contributed by atoms with van der Waals surface area (Å²) in [5.41, 5.74) is 3.12. The van der Waals surface area contributed by atoms with Crippen LogP contribution in [0.1, 0.15) is 90.4 Å². The molecular weight excluding hydrogens is 587 g/mol. The third-order valence-corrected chi connectivity index (χ3v) is 12.4. The number of nitrogens with one attached hydrogen (secondary N) is 2. The maximum atomic E-state index is 14.1. The summed E-state index contributed by atoms with van der Waals surface area (Å²) in [4.78, 5) is 27.3. The fourth-order valence-corrected chi connectivity index (χ4v) is 9.15. The summed E-state index contributed by atoms with van der Waals surface area (Å²) in [5.74, 6) is 4.60. The number of aryl methyl sites for hydroxylation is 1. The maximum Gasteiger partial charge on any atom is 0.261 e. The van der Waals surface area contributed by atoms with E-state index in [9.17, 15) is 9.18 Å². The van der Waals surface area contributed by atoms with E-state index in [4.69, 9.17) is 9.98 Å². The molecule has 3 aromatic rings. The van der Waals surface area contributed by atoms with Crippen molar-refractivity contribution in [3.63, 3.8) is 0 Å². The summed E-state index contributed by atoms with van der Waals surface area (Å²) in [7, 11) is 0. The maximum absolute atomic E-state index is 14.1. The Kier molecular flexibility index (Phi) is 8.92. The fourth-order valence-electron chi connectivity index (χ4n) is 9.15. The predicted octanol–water partition coefficient (Wildman–Crippen LogP) is 7.20. The van der Waals surface area contributed by atoms with E-state index in [2.05, 4.69) is 56.2 Å². The Bertz CT molecular complexity index is 1670. The van der Waals surface area contributed by atoms with Crippen LogP contribution in [0.4, 0.5) is 10.1 Å². The lowest BCUT2D eigenvalue weighted by Crippen LogP contribution is -2.57. The van der Waals surface area contributed by atoms with E-state index in [1.54, 1.807) is 0 Å². The molecule has 2 aromatic carbocycles. The number of piperazine rings is 1. The molecule has 0 spiro atoms.